The largest absolute Gasteiger partial charge is 0.242 e. The molecule has 1 aromatic heterocycles. The summed E-state index contributed by atoms with van der Waals surface area (Å²) in [6.45, 7) is 0. The fourth-order valence-corrected chi connectivity index (χ4v) is 7.13. The molecule has 0 saturated heterocycles. The van der Waals surface area contributed by atoms with Crippen molar-refractivity contribution in [3.63, 3.8) is 0 Å². The van der Waals surface area contributed by atoms with Gasteiger partial charge in [0.2, 0.25) is 10.0 Å². The van der Waals surface area contributed by atoms with Gasteiger partial charge in [-0.25, -0.2) is 13.1 Å². The minimum absolute atomic E-state index is 0.0966. The molecule has 1 heterocycles. The van der Waals surface area contributed by atoms with Crippen LogP contribution in [-0.4, -0.2) is 14.5 Å². The van der Waals surface area contributed by atoms with Crippen LogP contribution in [0.2, 0.25) is 0 Å². The molecule has 0 atom stereocenters. The lowest BCUT2D eigenvalue weighted by Gasteiger charge is -2.22. The molecule has 0 radical (unpaired) electrons. The van der Waals surface area contributed by atoms with Gasteiger partial charge in [0.05, 0.1) is 7.57 Å². The Kier molecular flexibility index (Phi) is 4.68. The second-order valence-electron chi connectivity index (χ2n) is 4.14. The molecule has 7 heteroatoms. The lowest BCUT2D eigenvalue weighted by molar-refractivity contribution is 0.412. The zero-order valence-electron chi connectivity index (χ0n) is 9.08. The average molecular weight is 403 g/mol. The first-order valence-electron chi connectivity index (χ1n) is 5.46. The summed E-state index contributed by atoms with van der Waals surface area (Å²) < 4.78 is 28.6. The van der Waals surface area contributed by atoms with E-state index < -0.39 is 10.0 Å². The van der Waals surface area contributed by atoms with E-state index in [1.807, 2.05) is 0 Å². The fraction of sp³-hybridized carbons (Fsp3) is 0.600. The topological polar surface area (TPSA) is 46.2 Å². The van der Waals surface area contributed by atoms with Gasteiger partial charge >= 0.3 is 0 Å². The number of sulfonamides is 1. The van der Waals surface area contributed by atoms with E-state index in [1.54, 1.807) is 6.07 Å². The Morgan fingerprint density at radius 1 is 1.24 bits per heavy atom. The van der Waals surface area contributed by atoms with Crippen LogP contribution in [0, 0.1) is 0 Å². The van der Waals surface area contributed by atoms with E-state index >= 15 is 0 Å². The van der Waals surface area contributed by atoms with Gasteiger partial charge in [0, 0.05) is 6.04 Å². The maximum atomic E-state index is 12.2. The molecule has 3 nitrogen and oxygen atoms in total. The van der Waals surface area contributed by atoms with Gasteiger partial charge in [0.1, 0.15) is 4.90 Å². The summed E-state index contributed by atoms with van der Waals surface area (Å²) in [6.07, 6.45) is 5.33. The highest BCUT2D eigenvalue weighted by Gasteiger charge is 2.25. The van der Waals surface area contributed by atoms with Crippen molar-refractivity contribution < 1.29 is 8.42 Å². The minimum Gasteiger partial charge on any atom is -0.208 e. The Morgan fingerprint density at radius 3 is 2.41 bits per heavy atom. The van der Waals surface area contributed by atoms with E-state index in [9.17, 15) is 8.42 Å². The van der Waals surface area contributed by atoms with E-state index in [2.05, 4.69) is 36.6 Å². The predicted octanol–water partition coefficient (Wildman–Crippen LogP) is 3.88. The first-order chi connectivity index (χ1) is 7.99. The van der Waals surface area contributed by atoms with Gasteiger partial charge in [-0.05, 0) is 50.8 Å². The highest BCUT2D eigenvalue weighted by atomic mass is 79.9. The molecule has 0 spiro atoms. The van der Waals surface area contributed by atoms with Crippen LogP contribution in [0.4, 0.5) is 0 Å². The summed E-state index contributed by atoms with van der Waals surface area (Å²) in [4.78, 5) is 0.333. The van der Waals surface area contributed by atoms with Crippen molar-refractivity contribution in [2.75, 3.05) is 0 Å². The standard InChI is InChI=1S/C10H13Br2NO2S2/c11-9-6-8(10(12)16-9)17(14,15)13-7-4-2-1-3-5-7/h6-7,13H,1-5H2. The highest BCUT2D eigenvalue weighted by Crippen LogP contribution is 2.35. The van der Waals surface area contributed by atoms with Crippen molar-refractivity contribution in [3.8, 4) is 0 Å². The monoisotopic (exact) mass is 401 g/mol. The second kappa shape index (κ2) is 5.69. The second-order valence-corrected chi connectivity index (χ2v) is 9.58. The van der Waals surface area contributed by atoms with Gasteiger partial charge < -0.3 is 0 Å². The number of rotatable bonds is 3. The maximum absolute atomic E-state index is 12.2. The van der Waals surface area contributed by atoms with Crippen molar-refractivity contribution in [2.45, 2.75) is 43.0 Å². The fourth-order valence-electron chi connectivity index (χ4n) is 2.01. The Labute approximate surface area is 122 Å². The molecule has 0 unspecified atom stereocenters. The van der Waals surface area contributed by atoms with Crippen LogP contribution in [-0.2, 0) is 10.0 Å². The molecular weight excluding hydrogens is 390 g/mol. The summed E-state index contributed by atoms with van der Waals surface area (Å²) in [5.74, 6) is 0. The third-order valence-electron chi connectivity index (χ3n) is 2.84. The summed E-state index contributed by atoms with van der Waals surface area (Å²) in [6, 6.07) is 1.74. The third-order valence-corrected chi connectivity index (χ3v) is 7.12. The van der Waals surface area contributed by atoms with Gasteiger partial charge in [-0.2, -0.15) is 0 Å². The van der Waals surface area contributed by atoms with Crippen LogP contribution in [0.25, 0.3) is 0 Å². The first kappa shape index (κ1) is 14.0. The molecule has 96 valence electrons. The lowest BCUT2D eigenvalue weighted by Crippen LogP contribution is -2.36. The molecule has 2 rings (SSSR count). The quantitative estimate of drug-likeness (QED) is 0.833. The molecule has 17 heavy (non-hydrogen) atoms. The molecular formula is C10H13Br2NO2S2. The van der Waals surface area contributed by atoms with Crippen LogP contribution < -0.4 is 4.72 Å². The number of nitrogens with one attached hydrogen (secondary N) is 1. The van der Waals surface area contributed by atoms with Crippen molar-refractivity contribution in [3.05, 3.63) is 13.6 Å². The molecule has 0 bridgehead atoms. The van der Waals surface area contributed by atoms with Crippen molar-refractivity contribution in [1.29, 1.82) is 0 Å². The Bertz CT molecular complexity index is 492. The average Bonchev–Trinajstić information content (AvgIpc) is 2.59. The number of hydrogen-bond acceptors (Lipinski definition) is 3. The lowest BCUT2D eigenvalue weighted by atomic mass is 9.96. The van der Waals surface area contributed by atoms with Crippen LogP contribution in [0.3, 0.4) is 0 Å². The zero-order chi connectivity index (χ0) is 12.5. The molecule has 1 aliphatic carbocycles. The Hall–Kier alpha value is 0.570. The van der Waals surface area contributed by atoms with Crippen LogP contribution >= 0.6 is 43.2 Å². The van der Waals surface area contributed by atoms with E-state index in [-0.39, 0.29) is 6.04 Å². The number of hydrogen-bond donors (Lipinski definition) is 1. The van der Waals surface area contributed by atoms with E-state index in [0.29, 0.717) is 8.68 Å². The van der Waals surface area contributed by atoms with Crippen molar-refractivity contribution in [2.24, 2.45) is 0 Å². The van der Waals surface area contributed by atoms with E-state index in [1.165, 1.54) is 17.8 Å². The van der Waals surface area contributed by atoms with Crippen LogP contribution in [0.1, 0.15) is 32.1 Å². The van der Waals surface area contributed by atoms with Crippen LogP contribution in [0.15, 0.2) is 18.5 Å². The smallest absolute Gasteiger partial charge is 0.208 e. The van der Waals surface area contributed by atoms with Crippen molar-refractivity contribution in [1.82, 2.24) is 4.72 Å². The molecule has 1 N–H and O–H groups in total. The molecule has 1 aromatic rings. The molecule has 1 aliphatic rings. The van der Waals surface area contributed by atoms with Gasteiger partial charge in [-0.1, -0.05) is 19.3 Å². The molecule has 0 amide bonds. The minimum atomic E-state index is -3.39. The third kappa shape index (κ3) is 3.53. The molecule has 1 saturated carbocycles. The molecule has 0 aromatic carbocycles. The van der Waals surface area contributed by atoms with E-state index in [4.69, 9.17) is 0 Å². The predicted molar refractivity (Wildman–Crippen MR) is 76.9 cm³/mol. The summed E-state index contributed by atoms with van der Waals surface area (Å²) in [7, 11) is -3.39. The summed E-state index contributed by atoms with van der Waals surface area (Å²) in [5, 5.41) is 0. The number of thiophene rings is 1. The van der Waals surface area contributed by atoms with Crippen LogP contribution in [0.5, 0.6) is 0 Å². The van der Waals surface area contributed by atoms with Gasteiger partial charge in [0.15, 0.2) is 0 Å². The normalized spacial score (nSPS) is 18.5. The summed E-state index contributed by atoms with van der Waals surface area (Å²) in [5.41, 5.74) is 0. The van der Waals surface area contributed by atoms with Crippen molar-refractivity contribution >= 4 is 53.2 Å². The van der Waals surface area contributed by atoms with Gasteiger partial charge in [-0.3, -0.25) is 0 Å². The van der Waals surface area contributed by atoms with E-state index in [0.717, 1.165) is 29.5 Å². The SMILES string of the molecule is O=S(=O)(NC1CCCCC1)c1cc(Br)sc1Br. The van der Waals surface area contributed by atoms with Gasteiger partial charge in [-0.15, -0.1) is 11.3 Å². The maximum Gasteiger partial charge on any atom is 0.242 e. The highest BCUT2D eigenvalue weighted by molar-refractivity contribution is 9.12. The number of halogens is 2. The Balaban J connectivity index is 2.15. The molecule has 1 fully saturated rings. The molecule has 0 aliphatic heterocycles. The zero-order valence-corrected chi connectivity index (χ0v) is 13.9. The first-order valence-corrected chi connectivity index (χ1v) is 9.35. The van der Waals surface area contributed by atoms with Gasteiger partial charge in [0.25, 0.3) is 0 Å². The Morgan fingerprint density at radius 2 is 1.88 bits per heavy atom. The summed E-state index contributed by atoms with van der Waals surface area (Å²) >= 11 is 7.96.